The highest BCUT2D eigenvalue weighted by Gasteiger charge is 2.17. The van der Waals surface area contributed by atoms with E-state index in [1.807, 2.05) is 68.4 Å². The maximum atomic E-state index is 12.5. The lowest BCUT2D eigenvalue weighted by Crippen LogP contribution is -2.33. The highest BCUT2D eigenvalue weighted by molar-refractivity contribution is 6.00. The number of anilines is 3. The second kappa shape index (κ2) is 9.16. The molecule has 1 aliphatic heterocycles. The molecule has 2 aromatic carbocycles. The number of nitrogens with zero attached hydrogens (tertiary/aromatic N) is 3. The number of hydrogen-bond donors (Lipinski definition) is 2. The van der Waals surface area contributed by atoms with E-state index in [9.17, 15) is 4.79 Å². The first kappa shape index (κ1) is 20.8. The lowest BCUT2D eigenvalue weighted by atomic mass is 9.99. The van der Waals surface area contributed by atoms with Crippen molar-refractivity contribution in [1.82, 2.24) is 10.2 Å². The van der Waals surface area contributed by atoms with Crippen LogP contribution in [0.25, 0.3) is 11.3 Å². The quantitative estimate of drug-likeness (QED) is 0.578. The van der Waals surface area contributed by atoms with E-state index >= 15 is 0 Å². The molecular formula is C25H29N5O. The Morgan fingerprint density at radius 1 is 0.968 bits per heavy atom. The number of piperidine rings is 1. The Morgan fingerprint density at radius 3 is 2.52 bits per heavy atom. The van der Waals surface area contributed by atoms with Gasteiger partial charge in [-0.2, -0.15) is 0 Å². The van der Waals surface area contributed by atoms with Gasteiger partial charge in [0.1, 0.15) is 0 Å². The lowest BCUT2D eigenvalue weighted by molar-refractivity contribution is 0.262. The van der Waals surface area contributed by atoms with Crippen LogP contribution in [0.4, 0.5) is 22.0 Å². The van der Waals surface area contributed by atoms with Crippen molar-refractivity contribution in [2.24, 2.45) is 5.92 Å². The van der Waals surface area contributed by atoms with E-state index in [-0.39, 0.29) is 6.03 Å². The third-order valence-corrected chi connectivity index (χ3v) is 5.82. The number of nitrogens with one attached hydrogen (secondary N) is 2. The van der Waals surface area contributed by atoms with Crippen molar-refractivity contribution in [2.45, 2.75) is 33.6 Å². The minimum atomic E-state index is -0.272. The van der Waals surface area contributed by atoms with E-state index in [0.717, 1.165) is 52.9 Å². The average Bonchev–Trinajstić information content (AvgIpc) is 2.77. The van der Waals surface area contributed by atoms with Gasteiger partial charge >= 0.3 is 6.03 Å². The zero-order chi connectivity index (χ0) is 21.8. The Labute approximate surface area is 183 Å². The number of benzene rings is 2. The number of urea groups is 1. The molecule has 0 atom stereocenters. The van der Waals surface area contributed by atoms with Crippen molar-refractivity contribution in [1.29, 1.82) is 0 Å². The molecule has 0 aliphatic carbocycles. The predicted molar refractivity (Wildman–Crippen MR) is 127 cm³/mol. The van der Waals surface area contributed by atoms with Crippen LogP contribution in [-0.4, -0.2) is 29.3 Å². The molecule has 0 spiro atoms. The fourth-order valence-corrected chi connectivity index (χ4v) is 3.80. The molecule has 0 unspecified atom stereocenters. The van der Waals surface area contributed by atoms with Gasteiger partial charge in [-0.15, -0.1) is 10.2 Å². The molecule has 2 amide bonds. The molecule has 160 valence electrons. The zero-order valence-corrected chi connectivity index (χ0v) is 18.4. The molecule has 1 aromatic heterocycles. The maximum Gasteiger partial charge on any atom is 0.323 e. The number of carbonyl (C=O) groups is 1. The minimum absolute atomic E-state index is 0.272. The van der Waals surface area contributed by atoms with Gasteiger partial charge in [0, 0.05) is 30.0 Å². The summed E-state index contributed by atoms with van der Waals surface area (Å²) in [6.07, 6.45) is 2.39. The summed E-state index contributed by atoms with van der Waals surface area (Å²) in [5.41, 5.74) is 5.33. The van der Waals surface area contributed by atoms with Crippen LogP contribution in [0, 0.1) is 19.8 Å². The van der Waals surface area contributed by atoms with Crippen molar-refractivity contribution in [3.63, 3.8) is 0 Å². The van der Waals surface area contributed by atoms with Gasteiger partial charge in [0.05, 0.1) is 5.69 Å². The topological polar surface area (TPSA) is 70.2 Å². The Balaban J connectivity index is 1.43. The molecule has 1 saturated heterocycles. The number of carbonyl (C=O) groups excluding carboxylic acids is 1. The number of amides is 2. The van der Waals surface area contributed by atoms with Gasteiger partial charge in [-0.05, 0) is 74.1 Å². The summed E-state index contributed by atoms with van der Waals surface area (Å²) < 4.78 is 0. The Hall–Kier alpha value is -3.41. The minimum Gasteiger partial charge on any atom is -0.355 e. The van der Waals surface area contributed by atoms with Gasteiger partial charge in [-0.25, -0.2) is 4.79 Å². The first-order chi connectivity index (χ1) is 15.0. The first-order valence-electron chi connectivity index (χ1n) is 10.8. The summed E-state index contributed by atoms with van der Waals surface area (Å²) in [7, 11) is 0. The summed E-state index contributed by atoms with van der Waals surface area (Å²) in [5.74, 6) is 1.71. The van der Waals surface area contributed by atoms with Crippen LogP contribution < -0.4 is 15.5 Å². The average molecular weight is 416 g/mol. The van der Waals surface area contributed by atoms with Crippen molar-refractivity contribution >= 4 is 23.2 Å². The number of rotatable bonds is 4. The van der Waals surface area contributed by atoms with Crippen LogP contribution in [0.3, 0.4) is 0 Å². The van der Waals surface area contributed by atoms with Crippen LogP contribution in [0.5, 0.6) is 0 Å². The van der Waals surface area contributed by atoms with Gasteiger partial charge in [-0.3, -0.25) is 0 Å². The highest BCUT2D eigenvalue weighted by atomic mass is 16.2. The molecule has 0 saturated carbocycles. The summed E-state index contributed by atoms with van der Waals surface area (Å²) >= 11 is 0. The lowest BCUT2D eigenvalue weighted by Gasteiger charge is -2.30. The predicted octanol–water partition coefficient (Wildman–Crippen LogP) is 5.64. The van der Waals surface area contributed by atoms with Crippen molar-refractivity contribution in [3.05, 3.63) is 65.7 Å². The number of aryl methyl sites for hydroxylation is 2. The van der Waals surface area contributed by atoms with Gasteiger partial charge < -0.3 is 15.5 Å². The first-order valence-corrected chi connectivity index (χ1v) is 10.8. The molecule has 0 bridgehead atoms. The monoisotopic (exact) mass is 415 g/mol. The molecular weight excluding hydrogens is 386 g/mol. The second-order valence-electron chi connectivity index (χ2n) is 8.42. The normalized spacial score (nSPS) is 14.4. The van der Waals surface area contributed by atoms with Gasteiger partial charge in [0.25, 0.3) is 0 Å². The summed E-state index contributed by atoms with van der Waals surface area (Å²) in [4.78, 5) is 14.8. The van der Waals surface area contributed by atoms with Crippen LogP contribution in [0.2, 0.25) is 0 Å². The molecule has 6 heteroatoms. The summed E-state index contributed by atoms with van der Waals surface area (Å²) in [6, 6.07) is 17.4. The third kappa shape index (κ3) is 5.20. The number of hydrogen-bond acceptors (Lipinski definition) is 4. The SMILES string of the molecule is Cc1ccc(C)c(NC(=O)Nc2cccc(-c3ccc(N4CCC(C)CC4)nn3)c2)c1. The van der Waals surface area contributed by atoms with Gasteiger partial charge in [-0.1, -0.05) is 31.2 Å². The fraction of sp³-hybridized carbons (Fsp3) is 0.320. The fourth-order valence-electron chi connectivity index (χ4n) is 3.80. The van der Waals surface area contributed by atoms with Gasteiger partial charge in [0.15, 0.2) is 5.82 Å². The summed E-state index contributed by atoms with van der Waals surface area (Å²) in [6.45, 7) is 8.34. The molecule has 3 aromatic rings. The molecule has 4 rings (SSSR count). The molecule has 0 radical (unpaired) electrons. The summed E-state index contributed by atoms with van der Waals surface area (Å²) in [5, 5.41) is 14.7. The smallest absolute Gasteiger partial charge is 0.323 e. The van der Waals surface area contributed by atoms with Crippen LogP contribution in [0.15, 0.2) is 54.6 Å². The van der Waals surface area contributed by atoms with Crippen LogP contribution >= 0.6 is 0 Å². The Morgan fingerprint density at radius 2 is 1.77 bits per heavy atom. The second-order valence-corrected chi connectivity index (χ2v) is 8.42. The Kier molecular flexibility index (Phi) is 6.16. The molecule has 1 fully saturated rings. The van der Waals surface area contributed by atoms with Crippen LogP contribution in [0.1, 0.15) is 30.9 Å². The highest BCUT2D eigenvalue weighted by Crippen LogP contribution is 2.25. The third-order valence-electron chi connectivity index (χ3n) is 5.82. The van der Waals surface area contributed by atoms with Crippen molar-refractivity contribution in [3.8, 4) is 11.3 Å². The van der Waals surface area contributed by atoms with Crippen molar-refractivity contribution < 1.29 is 4.79 Å². The molecule has 6 nitrogen and oxygen atoms in total. The van der Waals surface area contributed by atoms with E-state index < -0.39 is 0 Å². The molecule has 2 heterocycles. The van der Waals surface area contributed by atoms with E-state index in [0.29, 0.717) is 5.69 Å². The van der Waals surface area contributed by atoms with Gasteiger partial charge in [0.2, 0.25) is 0 Å². The zero-order valence-electron chi connectivity index (χ0n) is 18.4. The van der Waals surface area contributed by atoms with Crippen LogP contribution in [-0.2, 0) is 0 Å². The maximum absolute atomic E-state index is 12.5. The van der Waals surface area contributed by atoms with E-state index in [2.05, 4.69) is 32.7 Å². The molecule has 2 N–H and O–H groups in total. The van der Waals surface area contributed by atoms with E-state index in [4.69, 9.17) is 0 Å². The number of aromatic nitrogens is 2. The van der Waals surface area contributed by atoms with E-state index in [1.54, 1.807) is 0 Å². The largest absolute Gasteiger partial charge is 0.355 e. The molecule has 1 aliphatic rings. The Bertz CT molecular complexity index is 1060. The standard InChI is InChI=1S/C25H29N5O/c1-17-11-13-30(14-12-17)24-10-9-22(28-29-24)20-5-4-6-21(16-20)26-25(31)27-23-15-18(2)7-8-19(23)3/h4-10,15-17H,11-14H2,1-3H3,(H2,26,27,31). The van der Waals surface area contributed by atoms with E-state index in [1.165, 1.54) is 12.8 Å². The van der Waals surface area contributed by atoms with Crippen molar-refractivity contribution in [2.75, 3.05) is 28.6 Å². The molecule has 31 heavy (non-hydrogen) atoms.